The summed E-state index contributed by atoms with van der Waals surface area (Å²) in [7, 11) is 0. The van der Waals surface area contributed by atoms with Gasteiger partial charge in [0, 0.05) is 24.7 Å². The van der Waals surface area contributed by atoms with Crippen LogP contribution in [-0.4, -0.2) is 47.9 Å². The van der Waals surface area contributed by atoms with Gasteiger partial charge in [0.15, 0.2) is 0 Å². The molecular weight excluding hydrogens is 248 g/mol. The molecule has 3 rings (SSSR count). The molecule has 0 spiro atoms. The van der Waals surface area contributed by atoms with Crippen molar-refractivity contribution in [2.24, 2.45) is 0 Å². The molecule has 1 amide bonds. The molecule has 1 radical (unpaired) electrons. The van der Waals surface area contributed by atoms with Crippen LogP contribution in [0.4, 0.5) is 0 Å². The Morgan fingerprint density at radius 1 is 1.05 bits per heavy atom. The molecule has 20 heavy (non-hydrogen) atoms. The van der Waals surface area contributed by atoms with E-state index in [2.05, 4.69) is 11.0 Å². The highest BCUT2D eigenvalue weighted by Crippen LogP contribution is 2.21. The van der Waals surface area contributed by atoms with Gasteiger partial charge >= 0.3 is 0 Å². The molecule has 2 saturated heterocycles. The Balaban J connectivity index is 1.54. The van der Waals surface area contributed by atoms with E-state index in [1.807, 2.05) is 29.2 Å². The van der Waals surface area contributed by atoms with E-state index >= 15 is 0 Å². The first-order valence-electron chi connectivity index (χ1n) is 7.84. The molecule has 2 aliphatic heterocycles. The average molecular weight is 271 g/mol. The topological polar surface area (TPSA) is 23.6 Å². The van der Waals surface area contributed by atoms with Crippen LogP contribution in [0.2, 0.25) is 0 Å². The average Bonchev–Trinajstić information content (AvgIpc) is 2.56. The lowest BCUT2D eigenvalue weighted by Gasteiger charge is -2.40. The summed E-state index contributed by atoms with van der Waals surface area (Å²) in [6.07, 6.45) is 6.32. The van der Waals surface area contributed by atoms with Crippen molar-refractivity contribution >= 4 is 5.91 Å². The number of benzene rings is 1. The van der Waals surface area contributed by atoms with Crippen LogP contribution in [0.25, 0.3) is 0 Å². The molecule has 107 valence electrons. The van der Waals surface area contributed by atoms with Crippen LogP contribution in [0, 0.1) is 6.07 Å². The zero-order valence-electron chi connectivity index (χ0n) is 12.1. The molecule has 1 aromatic rings. The number of amides is 1. The summed E-state index contributed by atoms with van der Waals surface area (Å²) in [5.41, 5.74) is 0.698. The first-order valence-corrected chi connectivity index (χ1v) is 7.84. The van der Waals surface area contributed by atoms with Crippen molar-refractivity contribution in [3.8, 4) is 0 Å². The Hall–Kier alpha value is -1.35. The molecule has 2 heterocycles. The minimum atomic E-state index is 0.141. The first-order chi connectivity index (χ1) is 9.84. The molecule has 2 fully saturated rings. The summed E-state index contributed by atoms with van der Waals surface area (Å²) in [5, 5.41) is 0. The second-order valence-corrected chi connectivity index (χ2v) is 5.90. The molecule has 3 heteroatoms. The van der Waals surface area contributed by atoms with Gasteiger partial charge in [0.2, 0.25) is 0 Å². The van der Waals surface area contributed by atoms with E-state index in [1.165, 1.54) is 32.4 Å². The second kappa shape index (κ2) is 6.40. The molecule has 0 saturated carbocycles. The largest absolute Gasteiger partial charge is 0.339 e. The standard InChI is InChI=1S/C17H23N2O/c20-17(15-7-3-1-4-8-15)19-13-9-16(10-14-19)18-11-5-2-6-12-18/h1,3-4,7,16H,2,5-6,9-14H2. The van der Waals surface area contributed by atoms with Crippen LogP contribution < -0.4 is 0 Å². The number of rotatable bonds is 2. The molecule has 0 aliphatic carbocycles. The molecular formula is C17H23N2O. The highest BCUT2D eigenvalue weighted by molar-refractivity contribution is 5.93. The summed E-state index contributed by atoms with van der Waals surface area (Å²) in [4.78, 5) is 17.0. The lowest BCUT2D eigenvalue weighted by molar-refractivity contribution is 0.0589. The summed E-state index contributed by atoms with van der Waals surface area (Å²) in [6.45, 7) is 4.29. The SMILES string of the molecule is O=C(c1[c]cccc1)N1CCC(N2CCCCC2)CC1. The van der Waals surface area contributed by atoms with Gasteiger partial charge in [0.1, 0.15) is 0 Å². The Morgan fingerprint density at radius 2 is 1.80 bits per heavy atom. The van der Waals surface area contributed by atoms with Crippen molar-refractivity contribution in [1.29, 1.82) is 0 Å². The van der Waals surface area contributed by atoms with Gasteiger partial charge in [0.25, 0.3) is 5.91 Å². The van der Waals surface area contributed by atoms with Crippen molar-refractivity contribution in [1.82, 2.24) is 9.80 Å². The predicted octanol–water partition coefficient (Wildman–Crippen LogP) is 2.58. The fourth-order valence-corrected chi connectivity index (χ4v) is 3.41. The highest BCUT2D eigenvalue weighted by atomic mass is 16.2. The van der Waals surface area contributed by atoms with Crippen LogP contribution in [0.15, 0.2) is 24.3 Å². The quantitative estimate of drug-likeness (QED) is 0.825. The summed E-state index contributed by atoms with van der Waals surface area (Å²) in [6, 6.07) is 11.2. The Labute approximate surface area is 121 Å². The van der Waals surface area contributed by atoms with Gasteiger partial charge < -0.3 is 9.80 Å². The van der Waals surface area contributed by atoms with E-state index in [4.69, 9.17) is 0 Å². The number of piperidine rings is 2. The van der Waals surface area contributed by atoms with Gasteiger partial charge in [-0.3, -0.25) is 4.79 Å². The van der Waals surface area contributed by atoms with E-state index in [-0.39, 0.29) is 5.91 Å². The number of likely N-dealkylation sites (tertiary alicyclic amines) is 2. The van der Waals surface area contributed by atoms with Gasteiger partial charge in [-0.25, -0.2) is 0 Å². The zero-order chi connectivity index (χ0) is 13.8. The molecule has 0 N–H and O–H groups in total. The molecule has 0 bridgehead atoms. The summed E-state index contributed by atoms with van der Waals surface area (Å²) in [5.74, 6) is 0.141. The molecule has 0 atom stereocenters. The number of hydrogen-bond donors (Lipinski definition) is 0. The maximum atomic E-state index is 12.4. The van der Waals surface area contributed by atoms with E-state index in [0.717, 1.165) is 25.9 Å². The maximum Gasteiger partial charge on any atom is 0.254 e. The summed E-state index contributed by atoms with van der Waals surface area (Å²) < 4.78 is 0. The van der Waals surface area contributed by atoms with Gasteiger partial charge in [-0.2, -0.15) is 0 Å². The van der Waals surface area contributed by atoms with Crippen LogP contribution in [0.3, 0.4) is 0 Å². The minimum absolute atomic E-state index is 0.141. The third-order valence-corrected chi connectivity index (χ3v) is 4.60. The van der Waals surface area contributed by atoms with Crippen LogP contribution >= 0.6 is 0 Å². The van der Waals surface area contributed by atoms with Gasteiger partial charge in [-0.1, -0.05) is 24.6 Å². The highest BCUT2D eigenvalue weighted by Gasteiger charge is 2.27. The van der Waals surface area contributed by atoms with Gasteiger partial charge in [-0.15, -0.1) is 0 Å². The second-order valence-electron chi connectivity index (χ2n) is 5.90. The van der Waals surface area contributed by atoms with E-state index < -0.39 is 0 Å². The van der Waals surface area contributed by atoms with E-state index in [0.29, 0.717) is 11.6 Å². The first kappa shape index (κ1) is 13.6. The summed E-state index contributed by atoms with van der Waals surface area (Å²) >= 11 is 0. The van der Waals surface area contributed by atoms with Gasteiger partial charge in [0.05, 0.1) is 0 Å². The third-order valence-electron chi connectivity index (χ3n) is 4.60. The molecule has 3 nitrogen and oxygen atoms in total. The normalized spacial score (nSPS) is 21.9. The molecule has 0 aromatic heterocycles. The van der Waals surface area contributed by atoms with Crippen LogP contribution in [-0.2, 0) is 0 Å². The monoisotopic (exact) mass is 271 g/mol. The Bertz CT molecular complexity index is 432. The fourth-order valence-electron chi connectivity index (χ4n) is 3.41. The van der Waals surface area contributed by atoms with Crippen molar-refractivity contribution in [2.45, 2.75) is 38.1 Å². The van der Waals surface area contributed by atoms with Gasteiger partial charge in [-0.05, 0) is 50.9 Å². The smallest absolute Gasteiger partial charge is 0.254 e. The lowest BCUT2D eigenvalue weighted by atomic mass is 9.99. The Morgan fingerprint density at radius 3 is 2.45 bits per heavy atom. The van der Waals surface area contributed by atoms with Crippen molar-refractivity contribution in [3.05, 3.63) is 35.9 Å². The Kier molecular flexibility index (Phi) is 4.36. The third kappa shape index (κ3) is 3.04. The van der Waals surface area contributed by atoms with Crippen LogP contribution in [0.5, 0.6) is 0 Å². The number of nitrogens with zero attached hydrogens (tertiary/aromatic N) is 2. The molecule has 2 aliphatic rings. The fraction of sp³-hybridized carbons (Fsp3) is 0.588. The van der Waals surface area contributed by atoms with Crippen molar-refractivity contribution in [3.63, 3.8) is 0 Å². The molecule has 0 unspecified atom stereocenters. The lowest BCUT2D eigenvalue weighted by Crippen LogP contribution is -2.48. The van der Waals surface area contributed by atoms with Crippen LogP contribution in [0.1, 0.15) is 42.5 Å². The number of hydrogen-bond acceptors (Lipinski definition) is 2. The number of carbonyl (C=O) groups is 1. The van der Waals surface area contributed by atoms with E-state index in [9.17, 15) is 4.79 Å². The zero-order valence-corrected chi connectivity index (χ0v) is 12.1. The number of carbonyl (C=O) groups excluding carboxylic acids is 1. The predicted molar refractivity (Wildman–Crippen MR) is 79.6 cm³/mol. The van der Waals surface area contributed by atoms with Crippen molar-refractivity contribution in [2.75, 3.05) is 26.2 Å². The maximum absolute atomic E-state index is 12.4. The van der Waals surface area contributed by atoms with E-state index in [1.54, 1.807) is 0 Å². The minimum Gasteiger partial charge on any atom is -0.339 e. The van der Waals surface area contributed by atoms with Crippen molar-refractivity contribution < 1.29 is 4.79 Å². The molecule has 1 aromatic carbocycles.